The first-order valence-corrected chi connectivity index (χ1v) is 11.3. The highest BCUT2D eigenvalue weighted by Gasteiger charge is 2.24. The molecule has 0 saturated carbocycles. The zero-order valence-corrected chi connectivity index (χ0v) is 19.3. The van der Waals surface area contributed by atoms with E-state index in [-0.39, 0.29) is 5.91 Å². The summed E-state index contributed by atoms with van der Waals surface area (Å²) in [6.45, 7) is 9.22. The van der Waals surface area contributed by atoms with Crippen molar-refractivity contribution in [2.75, 3.05) is 49.6 Å². The number of anilines is 2. The van der Waals surface area contributed by atoms with Gasteiger partial charge >= 0.3 is 0 Å². The van der Waals surface area contributed by atoms with Gasteiger partial charge in [-0.2, -0.15) is 5.26 Å². The van der Waals surface area contributed by atoms with E-state index in [9.17, 15) is 10.1 Å². The summed E-state index contributed by atoms with van der Waals surface area (Å²) >= 11 is 0. The van der Waals surface area contributed by atoms with E-state index in [1.54, 1.807) is 18.3 Å². The number of amides is 1. The van der Waals surface area contributed by atoms with Crippen LogP contribution in [-0.2, 0) is 11.2 Å². The van der Waals surface area contributed by atoms with Crippen molar-refractivity contribution >= 4 is 17.4 Å². The number of hydrogen-bond acceptors (Lipinski definition) is 5. The number of hydrogen-bond donors (Lipinski definition) is 0. The van der Waals surface area contributed by atoms with Gasteiger partial charge in [0.15, 0.2) is 0 Å². The fourth-order valence-corrected chi connectivity index (χ4v) is 3.60. The summed E-state index contributed by atoms with van der Waals surface area (Å²) < 4.78 is 0. The van der Waals surface area contributed by atoms with E-state index in [2.05, 4.69) is 47.1 Å². The highest BCUT2D eigenvalue weighted by molar-refractivity contribution is 5.81. The van der Waals surface area contributed by atoms with Crippen LogP contribution in [0.3, 0.4) is 0 Å². The maximum absolute atomic E-state index is 12.8. The van der Waals surface area contributed by atoms with E-state index < -0.39 is 0 Å². The minimum atomic E-state index is 0.128. The number of aryl methyl sites for hydroxylation is 1. The molecular formula is C25H35N5O. The quantitative estimate of drug-likeness (QED) is 0.673. The molecule has 1 saturated heterocycles. The highest BCUT2D eigenvalue weighted by Crippen LogP contribution is 2.19. The summed E-state index contributed by atoms with van der Waals surface area (Å²) in [4.78, 5) is 23.1. The molecule has 1 fully saturated rings. The number of nitrogens with zero attached hydrogens (tertiary/aromatic N) is 5. The Kier molecular flexibility index (Phi) is 9.83. The van der Waals surface area contributed by atoms with Gasteiger partial charge in [0.1, 0.15) is 11.9 Å². The Labute approximate surface area is 187 Å². The zero-order valence-electron chi connectivity index (χ0n) is 19.3. The molecule has 1 aromatic carbocycles. The summed E-state index contributed by atoms with van der Waals surface area (Å²) in [6, 6.07) is 14.3. The Morgan fingerprint density at radius 3 is 2.42 bits per heavy atom. The van der Waals surface area contributed by atoms with Gasteiger partial charge in [-0.3, -0.25) is 4.79 Å². The SMILES string of the molecule is CC.CCCCc1ccc(N(C)CC(=O)N2CCN(c3ncccc3C#N)CC2)cc1. The number of benzene rings is 1. The molecule has 1 aliphatic heterocycles. The molecular weight excluding hydrogens is 386 g/mol. The smallest absolute Gasteiger partial charge is 0.242 e. The Hall–Kier alpha value is -3.07. The highest BCUT2D eigenvalue weighted by atomic mass is 16.2. The van der Waals surface area contributed by atoms with Crippen molar-refractivity contribution < 1.29 is 4.79 Å². The second-order valence-corrected chi connectivity index (χ2v) is 7.48. The molecule has 0 N–H and O–H groups in total. The molecule has 6 heteroatoms. The van der Waals surface area contributed by atoms with Crippen LogP contribution in [0.2, 0.25) is 0 Å². The third-order valence-electron chi connectivity index (χ3n) is 5.41. The van der Waals surface area contributed by atoms with Crippen LogP contribution in [0.25, 0.3) is 0 Å². The molecule has 0 spiro atoms. The number of nitriles is 1. The van der Waals surface area contributed by atoms with Gasteiger partial charge in [0.05, 0.1) is 12.1 Å². The van der Waals surface area contributed by atoms with Gasteiger partial charge < -0.3 is 14.7 Å². The minimum Gasteiger partial charge on any atom is -0.365 e. The fourth-order valence-electron chi connectivity index (χ4n) is 3.60. The van der Waals surface area contributed by atoms with E-state index in [1.165, 1.54) is 18.4 Å². The van der Waals surface area contributed by atoms with Crippen LogP contribution >= 0.6 is 0 Å². The lowest BCUT2D eigenvalue weighted by atomic mass is 10.1. The summed E-state index contributed by atoms with van der Waals surface area (Å²) in [5, 5.41) is 9.27. The Balaban J connectivity index is 0.00000166. The molecule has 3 rings (SSSR count). The predicted octanol–water partition coefficient (Wildman–Crippen LogP) is 4.11. The van der Waals surface area contributed by atoms with Gasteiger partial charge in [-0.15, -0.1) is 0 Å². The van der Waals surface area contributed by atoms with Gasteiger partial charge in [-0.25, -0.2) is 4.98 Å². The normalized spacial score (nSPS) is 13.1. The fraction of sp³-hybridized carbons (Fsp3) is 0.480. The zero-order chi connectivity index (χ0) is 22.6. The number of aromatic nitrogens is 1. The summed E-state index contributed by atoms with van der Waals surface area (Å²) in [5.41, 5.74) is 2.98. The van der Waals surface area contributed by atoms with Gasteiger partial charge in [0.25, 0.3) is 0 Å². The first-order valence-electron chi connectivity index (χ1n) is 11.3. The molecule has 0 bridgehead atoms. The third kappa shape index (κ3) is 6.71. The first-order chi connectivity index (χ1) is 15.1. The number of unbranched alkanes of at least 4 members (excludes halogenated alkanes) is 1. The number of rotatable bonds is 7. The predicted molar refractivity (Wildman–Crippen MR) is 127 cm³/mol. The largest absolute Gasteiger partial charge is 0.365 e. The van der Waals surface area contributed by atoms with E-state index in [4.69, 9.17) is 0 Å². The molecule has 166 valence electrons. The van der Waals surface area contributed by atoms with Crippen molar-refractivity contribution in [3.63, 3.8) is 0 Å². The number of pyridine rings is 1. The lowest BCUT2D eigenvalue weighted by Gasteiger charge is -2.36. The van der Waals surface area contributed by atoms with Crippen LogP contribution in [0.15, 0.2) is 42.6 Å². The van der Waals surface area contributed by atoms with Crippen LogP contribution in [0.5, 0.6) is 0 Å². The molecule has 2 aromatic rings. The number of piperazine rings is 1. The van der Waals surface area contributed by atoms with Crippen LogP contribution in [0, 0.1) is 11.3 Å². The third-order valence-corrected chi connectivity index (χ3v) is 5.41. The molecule has 1 aromatic heterocycles. The Morgan fingerprint density at radius 1 is 1.13 bits per heavy atom. The van der Waals surface area contributed by atoms with Gasteiger partial charge in [-0.1, -0.05) is 39.3 Å². The van der Waals surface area contributed by atoms with Gasteiger partial charge in [0.2, 0.25) is 5.91 Å². The molecule has 6 nitrogen and oxygen atoms in total. The van der Waals surface area contributed by atoms with E-state index >= 15 is 0 Å². The topological polar surface area (TPSA) is 63.5 Å². The van der Waals surface area contributed by atoms with Crippen molar-refractivity contribution in [3.8, 4) is 6.07 Å². The maximum atomic E-state index is 12.8. The van der Waals surface area contributed by atoms with E-state index in [0.29, 0.717) is 44.1 Å². The summed E-state index contributed by atoms with van der Waals surface area (Å²) in [6.07, 6.45) is 5.21. The Bertz CT molecular complexity index is 851. The van der Waals surface area contributed by atoms with Gasteiger partial charge in [-0.05, 0) is 42.7 Å². The van der Waals surface area contributed by atoms with E-state index in [0.717, 1.165) is 12.1 Å². The van der Waals surface area contributed by atoms with Crippen molar-refractivity contribution in [3.05, 3.63) is 53.7 Å². The molecule has 1 aliphatic rings. The second kappa shape index (κ2) is 12.6. The van der Waals surface area contributed by atoms with E-state index in [1.807, 2.05) is 30.7 Å². The molecule has 0 atom stereocenters. The van der Waals surface area contributed by atoms with Gasteiger partial charge in [0, 0.05) is 45.1 Å². The molecule has 31 heavy (non-hydrogen) atoms. The van der Waals surface area contributed by atoms with Crippen LogP contribution in [-0.4, -0.2) is 55.6 Å². The lowest BCUT2D eigenvalue weighted by molar-refractivity contribution is -0.129. The summed E-state index contributed by atoms with van der Waals surface area (Å²) in [5.74, 6) is 0.839. The second-order valence-electron chi connectivity index (χ2n) is 7.48. The van der Waals surface area contributed by atoms with Crippen molar-refractivity contribution in [1.82, 2.24) is 9.88 Å². The maximum Gasteiger partial charge on any atom is 0.242 e. The number of likely N-dealkylation sites (N-methyl/N-ethyl adjacent to an activating group) is 1. The molecule has 0 aliphatic carbocycles. The molecule has 0 radical (unpaired) electrons. The van der Waals surface area contributed by atoms with Crippen molar-refractivity contribution in [2.45, 2.75) is 40.0 Å². The molecule has 0 unspecified atom stereocenters. The molecule has 2 heterocycles. The number of carbonyl (C=O) groups excluding carboxylic acids is 1. The monoisotopic (exact) mass is 421 g/mol. The van der Waals surface area contributed by atoms with Crippen LogP contribution in [0.4, 0.5) is 11.5 Å². The van der Waals surface area contributed by atoms with Crippen molar-refractivity contribution in [2.24, 2.45) is 0 Å². The average molecular weight is 422 g/mol. The van der Waals surface area contributed by atoms with Crippen molar-refractivity contribution in [1.29, 1.82) is 5.26 Å². The minimum absolute atomic E-state index is 0.128. The Morgan fingerprint density at radius 2 is 1.81 bits per heavy atom. The average Bonchev–Trinajstić information content (AvgIpc) is 2.84. The van der Waals surface area contributed by atoms with Crippen LogP contribution < -0.4 is 9.80 Å². The van der Waals surface area contributed by atoms with Crippen LogP contribution in [0.1, 0.15) is 44.7 Å². The molecule has 1 amide bonds. The first kappa shape index (κ1) is 24.2. The lowest BCUT2D eigenvalue weighted by Crippen LogP contribution is -2.51. The number of carbonyl (C=O) groups is 1. The summed E-state index contributed by atoms with van der Waals surface area (Å²) in [7, 11) is 1.96. The standard InChI is InChI=1S/C23H29N5O.C2H6/c1-3-4-6-19-8-10-21(11-9-19)26(2)18-22(29)27-13-15-28(16-14-27)23-20(17-24)7-5-12-25-23;1-2/h5,7-12H,3-4,6,13-16,18H2,1-2H3;1-2H3.